The summed E-state index contributed by atoms with van der Waals surface area (Å²) < 4.78 is 33.0. The number of hydrogen-bond donors (Lipinski definition) is 1. The van der Waals surface area contributed by atoms with Gasteiger partial charge in [0.1, 0.15) is 10.1 Å². The first-order chi connectivity index (χ1) is 7.00. The van der Waals surface area contributed by atoms with E-state index in [9.17, 15) is 13.0 Å². The van der Waals surface area contributed by atoms with Crippen molar-refractivity contribution < 1.29 is 42.5 Å². The molecule has 0 aromatic heterocycles. The fourth-order valence-corrected chi connectivity index (χ4v) is 2.32. The van der Waals surface area contributed by atoms with E-state index in [0.29, 0.717) is 18.5 Å². The molecule has 0 aliphatic carbocycles. The van der Waals surface area contributed by atoms with E-state index in [-0.39, 0.29) is 34.5 Å². The summed E-state index contributed by atoms with van der Waals surface area (Å²) >= 11 is 0. The Hall–Kier alpha value is -0.0700. The minimum absolute atomic E-state index is 0. The molecular formula is C10H14NNaO3S. The van der Waals surface area contributed by atoms with Crippen molar-refractivity contribution in [3.63, 3.8) is 0 Å². The van der Waals surface area contributed by atoms with Crippen LogP contribution in [-0.2, 0) is 16.5 Å². The number of benzene rings is 1. The van der Waals surface area contributed by atoms with Gasteiger partial charge in [0.25, 0.3) is 0 Å². The monoisotopic (exact) mass is 251 g/mol. The number of nitrogens with one attached hydrogen (secondary N) is 1. The fourth-order valence-electron chi connectivity index (χ4n) is 1.52. The van der Waals surface area contributed by atoms with Crippen LogP contribution >= 0.6 is 0 Å². The van der Waals surface area contributed by atoms with E-state index in [1.165, 1.54) is 6.07 Å². The maximum absolute atomic E-state index is 11.0. The van der Waals surface area contributed by atoms with Gasteiger partial charge in [-0.2, -0.15) is 0 Å². The number of anilines is 1. The van der Waals surface area contributed by atoms with Crippen LogP contribution in [0.5, 0.6) is 0 Å². The van der Waals surface area contributed by atoms with E-state index in [4.69, 9.17) is 0 Å². The molecule has 0 amide bonds. The van der Waals surface area contributed by atoms with Crippen molar-refractivity contribution in [2.24, 2.45) is 0 Å². The Morgan fingerprint density at radius 3 is 2.38 bits per heavy atom. The maximum atomic E-state index is 11.0. The molecule has 0 aliphatic rings. The molecule has 4 nitrogen and oxygen atoms in total. The second-order valence-corrected chi connectivity index (χ2v) is 4.47. The van der Waals surface area contributed by atoms with Gasteiger partial charge in [-0.1, -0.05) is 13.0 Å². The van der Waals surface area contributed by atoms with E-state index in [0.717, 1.165) is 5.69 Å². The molecule has 84 valence electrons. The molecule has 0 aliphatic heterocycles. The first-order valence-corrected chi connectivity index (χ1v) is 6.23. The van der Waals surface area contributed by atoms with Crippen LogP contribution in [0, 0.1) is 0 Å². The van der Waals surface area contributed by atoms with E-state index in [1.54, 1.807) is 12.1 Å². The van der Waals surface area contributed by atoms with Gasteiger partial charge in [0, 0.05) is 12.2 Å². The predicted molar refractivity (Wildman–Crippen MR) is 57.9 cm³/mol. The van der Waals surface area contributed by atoms with Gasteiger partial charge in [-0.3, -0.25) is 0 Å². The van der Waals surface area contributed by atoms with Gasteiger partial charge in [-0.25, -0.2) is 8.42 Å². The van der Waals surface area contributed by atoms with Gasteiger partial charge in [0.2, 0.25) is 0 Å². The molecule has 6 heteroatoms. The minimum Gasteiger partial charge on any atom is -0.744 e. The zero-order valence-electron chi connectivity index (χ0n) is 9.78. The number of hydrogen-bond acceptors (Lipinski definition) is 4. The third kappa shape index (κ3) is 3.75. The quantitative estimate of drug-likeness (QED) is 0.527. The molecule has 16 heavy (non-hydrogen) atoms. The molecule has 0 spiro atoms. The zero-order chi connectivity index (χ0) is 11.5. The standard InChI is InChI=1S/C10H15NO3S.Na/c1-3-8-9(11-4-2)6-5-7-10(8)15(12,13)14;/h5-7,11H,3-4H2,1-2H3,(H,12,13,14);/q;+1/p-1. The Morgan fingerprint density at radius 1 is 1.31 bits per heavy atom. The van der Waals surface area contributed by atoms with Gasteiger partial charge in [0.15, 0.2) is 0 Å². The Balaban J connectivity index is 0.00000225. The molecule has 1 N–H and O–H groups in total. The van der Waals surface area contributed by atoms with Gasteiger partial charge in [0.05, 0.1) is 4.90 Å². The van der Waals surface area contributed by atoms with Crippen LogP contribution in [0.25, 0.3) is 0 Å². The summed E-state index contributed by atoms with van der Waals surface area (Å²) in [6, 6.07) is 4.70. The van der Waals surface area contributed by atoms with E-state index in [1.807, 2.05) is 13.8 Å². The van der Waals surface area contributed by atoms with Crippen molar-refractivity contribution in [3.05, 3.63) is 23.8 Å². The topological polar surface area (TPSA) is 69.2 Å². The summed E-state index contributed by atoms with van der Waals surface area (Å²) in [5.41, 5.74) is 1.28. The van der Waals surface area contributed by atoms with Gasteiger partial charge < -0.3 is 9.87 Å². The van der Waals surface area contributed by atoms with Crippen molar-refractivity contribution in [2.75, 3.05) is 11.9 Å². The fraction of sp³-hybridized carbons (Fsp3) is 0.400. The van der Waals surface area contributed by atoms with Crippen LogP contribution in [0.15, 0.2) is 23.1 Å². The smallest absolute Gasteiger partial charge is 0.744 e. The summed E-state index contributed by atoms with van der Waals surface area (Å²) in [4.78, 5) is -0.122. The largest absolute Gasteiger partial charge is 1.00 e. The third-order valence-corrected chi connectivity index (χ3v) is 3.04. The number of rotatable bonds is 4. The summed E-state index contributed by atoms with van der Waals surface area (Å²) in [6.45, 7) is 4.43. The van der Waals surface area contributed by atoms with Gasteiger partial charge in [-0.05, 0) is 31.0 Å². The molecule has 0 heterocycles. The van der Waals surface area contributed by atoms with Crippen molar-refractivity contribution in [1.29, 1.82) is 0 Å². The van der Waals surface area contributed by atoms with E-state index >= 15 is 0 Å². The van der Waals surface area contributed by atoms with Gasteiger partial charge >= 0.3 is 29.6 Å². The van der Waals surface area contributed by atoms with Gasteiger partial charge in [-0.15, -0.1) is 0 Å². The average Bonchev–Trinajstić information content (AvgIpc) is 2.16. The van der Waals surface area contributed by atoms with Crippen LogP contribution < -0.4 is 34.9 Å². The van der Waals surface area contributed by atoms with Crippen molar-refractivity contribution in [3.8, 4) is 0 Å². The molecule has 1 aromatic rings. The first-order valence-electron chi connectivity index (χ1n) is 4.82. The molecule has 0 bridgehead atoms. The Morgan fingerprint density at radius 2 is 1.94 bits per heavy atom. The zero-order valence-corrected chi connectivity index (χ0v) is 12.6. The summed E-state index contributed by atoms with van der Waals surface area (Å²) in [7, 11) is -4.38. The van der Waals surface area contributed by atoms with Crippen LogP contribution in [0.4, 0.5) is 5.69 Å². The molecule has 0 saturated heterocycles. The summed E-state index contributed by atoms with van der Waals surface area (Å²) in [6.07, 6.45) is 0.514. The molecule has 1 aromatic carbocycles. The van der Waals surface area contributed by atoms with Crippen molar-refractivity contribution >= 4 is 15.8 Å². The molecule has 0 radical (unpaired) electrons. The third-order valence-electron chi connectivity index (χ3n) is 2.12. The molecule has 0 saturated carbocycles. The SMILES string of the molecule is CCNc1cccc(S(=O)(=O)[O-])c1CC.[Na+]. The van der Waals surface area contributed by atoms with Crippen molar-refractivity contribution in [2.45, 2.75) is 25.2 Å². The molecule has 0 unspecified atom stereocenters. The molecular weight excluding hydrogens is 237 g/mol. The Bertz CT molecular complexity index is 445. The first kappa shape index (κ1) is 15.9. The Labute approximate surface area is 118 Å². The normalized spacial score (nSPS) is 10.7. The van der Waals surface area contributed by atoms with Crippen LogP contribution in [0.2, 0.25) is 0 Å². The van der Waals surface area contributed by atoms with Crippen molar-refractivity contribution in [1.82, 2.24) is 0 Å². The minimum atomic E-state index is -4.38. The summed E-state index contributed by atoms with van der Waals surface area (Å²) in [5, 5.41) is 3.04. The second kappa shape index (κ2) is 6.61. The maximum Gasteiger partial charge on any atom is 1.00 e. The molecule has 1 rings (SSSR count). The molecule has 0 atom stereocenters. The van der Waals surface area contributed by atoms with E-state index in [2.05, 4.69) is 5.32 Å². The average molecular weight is 251 g/mol. The Kier molecular flexibility index (Phi) is 6.58. The van der Waals surface area contributed by atoms with Crippen LogP contribution in [-0.4, -0.2) is 19.5 Å². The molecule has 0 fully saturated rings. The summed E-state index contributed by atoms with van der Waals surface area (Å²) in [5.74, 6) is 0. The second-order valence-electron chi connectivity index (χ2n) is 3.12. The van der Waals surface area contributed by atoms with E-state index < -0.39 is 10.1 Å². The van der Waals surface area contributed by atoms with Crippen LogP contribution in [0.1, 0.15) is 19.4 Å². The van der Waals surface area contributed by atoms with Crippen LogP contribution in [0.3, 0.4) is 0 Å². The predicted octanol–water partition coefficient (Wildman–Crippen LogP) is -1.41.